The molecule has 0 amide bonds. The highest BCUT2D eigenvalue weighted by molar-refractivity contribution is 5.39. The number of aryl methyl sites for hydroxylation is 3. The van der Waals surface area contributed by atoms with E-state index in [0.717, 1.165) is 31.7 Å². The van der Waals surface area contributed by atoms with Gasteiger partial charge in [-0.25, -0.2) is 0 Å². The summed E-state index contributed by atoms with van der Waals surface area (Å²) in [6, 6.07) is 4.30. The Balaban J connectivity index is 2.06. The molecule has 1 fully saturated rings. The second-order valence-corrected chi connectivity index (χ2v) is 5.99. The third-order valence-electron chi connectivity index (χ3n) is 4.18. The SMILES string of the molecule is CCC1CN(CC(O)c2c(C)cc(C)cc2C)CCO1. The molecule has 2 unspecified atom stereocenters. The smallest absolute Gasteiger partial charge is 0.0922 e. The standard InChI is InChI=1S/C17H27NO2/c1-5-15-10-18(6-7-20-15)11-16(19)17-13(3)8-12(2)9-14(17)4/h8-9,15-16,19H,5-7,10-11H2,1-4H3. The van der Waals surface area contributed by atoms with Gasteiger partial charge >= 0.3 is 0 Å². The average molecular weight is 277 g/mol. The maximum absolute atomic E-state index is 10.6. The van der Waals surface area contributed by atoms with Crippen molar-refractivity contribution < 1.29 is 9.84 Å². The third kappa shape index (κ3) is 3.60. The minimum Gasteiger partial charge on any atom is -0.387 e. The Morgan fingerprint density at radius 2 is 1.95 bits per heavy atom. The van der Waals surface area contributed by atoms with Gasteiger partial charge in [0.1, 0.15) is 0 Å². The van der Waals surface area contributed by atoms with Crippen molar-refractivity contribution in [1.82, 2.24) is 4.90 Å². The maximum Gasteiger partial charge on any atom is 0.0922 e. The minimum absolute atomic E-state index is 0.316. The summed E-state index contributed by atoms with van der Waals surface area (Å²) < 4.78 is 5.68. The van der Waals surface area contributed by atoms with Gasteiger partial charge in [-0.1, -0.05) is 24.6 Å². The van der Waals surface area contributed by atoms with Gasteiger partial charge in [0.15, 0.2) is 0 Å². The zero-order chi connectivity index (χ0) is 14.7. The van der Waals surface area contributed by atoms with E-state index in [-0.39, 0.29) is 0 Å². The molecule has 1 aliphatic rings. The molecular formula is C17H27NO2. The Morgan fingerprint density at radius 1 is 1.30 bits per heavy atom. The number of nitrogens with zero attached hydrogens (tertiary/aromatic N) is 1. The van der Waals surface area contributed by atoms with Crippen molar-refractivity contribution in [2.75, 3.05) is 26.2 Å². The molecule has 2 atom stereocenters. The molecule has 1 N–H and O–H groups in total. The van der Waals surface area contributed by atoms with Crippen LogP contribution in [-0.4, -0.2) is 42.4 Å². The molecule has 20 heavy (non-hydrogen) atoms. The van der Waals surface area contributed by atoms with Crippen LogP contribution in [0.5, 0.6) is 0 Å². The molecule has 3 heteroatoms. The second kappa shape index (κ2) is 6.70. The van der Waals surface area contributed by atoms with Gasteiger partial charge in [0.2, 0.25) is 0 Å². The predicted octanol–water partition coefficient (Wildman–Crippen LogP) is 2.76. The van der Waals surface area contributed by atoms with Gasteiger partial charge in [-0.2, -0.15) is 0 Å². The van der Waals surface area contributed by atoms with Crippen molar-refractivity contribution in [3.63, 3.8) is 0 Å². The highest BCUT2D eigenvalue weighted by Gasteiger charge is 2.23. The largest absolute Gasteiger partial charge is 0.387 e. The fourth-order valence-electron chi connectivity index (χ4n) is 3.25. The summed E-state index contributed by atoms with van der Waals surface area (Å²) in [6.07, 6.45) is 0.942. The van der Waals surface area contributed by atoms with Crippen LogP contribution in [0.15, 0.2) is 12.1 Å². The molecule has 0 aliphatic carbocycles. The molecule has 1 saturated heterocycles. The molecule has 0 aromatic heterocycles. The lowest BCUT2D eigenvalue weighted by Gasteiger charge is -2.34. The number of morpholine rings is 1. The number of hydrogen-bond acceptors (Lipinski definition) is 3. The number of rotatable bonds is 4. The summed E-state index contributed by atoms with van der Waals surface area (Å²) >= 11 is 0. The minimum atomic E-state index is -0.411. The van der Waals surface area contributed by atoms with Crippen LogP contribution < -0.4 is 0 Å². The van der Waals surface area contributed by atoms with E-state index in [1.165, 1.54) is 16.7 Å². The van der Waals surface area contributed by atoms with E-state index in [2.05, 4.69) is 44.7 Å². The van der Waals surface area contributed by atoms with Gasteiger partial charge in [-0.15, -0.1) is 0 Å². The lowest BCUT2D eigenvalue weighted by Crippen LogP contribution is -2.44. The molecule has 1 aromatic carbocycles. The first-order valence-electron chi connectivity index (χ1n) is 7.61. The summed E-state index contributed by atoms with van der Waals surface area (Å²) in [7, 11) is 0. The van der Waals surface area contributed by atoms with Gasteiger partial charge in [0.25, 0.3) is 0 Å². The van der Waals surface area contributed by atoms with Gasteiger partial charge in [-0.3, -0.25) is 4.90 Å². The molecule has 0 spiro atoms. The molecule has 112 valence electrons. The van der Waals surface area contributed by atoms with E-state index in [9.17, 15) is 5.11 Å². The first-order valence-corrected chi connectivity index (χ1v) is 7.61. The number of ether oxygens (including phenoxy) is 1. The van der Waals surface area contributed by atoms with Crippen molar-refractivity contribution in [3.8, 4) is 0 Å². The Morgan fingerprint density at radius 3 is 2.55 bits per heavy atom. The van der Waals surface area contributed by atoms with Crippen LogP contribution in [0.1, 0.15) is 41.7 Å². The van der Waals surface area contributed by atoms with Crippen LogP contribution in [0.3, 0.4) is 0 Å². The Bertz CT molecular complexity index is 435. The van der Waals surface area contributed by atoms with Crippen LogP contribution in [0, 0.1) is 20.8 Å². The van der Waals surface area contributed by atoms with Crippen molar-refractivity contribution in [2.24, 2.45) is 0 Å². The molecule has 3 nitrogen and oxygen atoms in total. The Hall–Kier alpha value is -0.900. The van der Waals surface area contributed by atoms with Gasteiger partial charge in [-0.05, 0) is 43.9 Å². The van der Waals surface area contributed by atoms with Crippen molar-refractivity contribution in [3.05, 3.63) is 34.4 Å². The van der Waals surface area contributed by atoms with Crippen LogP contribution in [-0.2, 0) is 4.74 Å². The fourth-order valence-corrected chi connectivity index (χ4v) is 3.25. The lowest BCUT2D eigenvalue weighted by molar-refractivity contribution is -0.0419. The Kier molecular flexibility index (Phi) is 5.19. The van der Waals surface area contributed by atoms with Crippen molar-refractivity contribution in [2.45, 2.75) is 46.3 Å². The molecule has 1 heterocycles. The van der Waals surface area contributed by atoms with E-state index in [4.69, 9.17) is 4.74 Å². The summed E-state index contributed by atoms with van der Waals surface area (Å²) in [5, 5.41) is 10.6. The van der Waals surface area contributed by atoms with Crippen LogP contribution in [0.25, 0.3) is 0 Å². The molecule has 0 saturated carbocycles. The topological polar surface area (TPSA) is 32.7 Å². The van der Waals surface area contributed by atoms with E-state index in [1.54, 1.807) is 0 Å². The average Bonchev–Trinajstić information content (AvgIpc) is 2.37. The van der Waals surface area contributed by atoms with Crippen molar-refractivity contribution >= 4 is 0 Å². The first-order chi connectivity index (χ1) is 9.51. The molecule has 0 bridgehead atoms. The van der Waals surface area contributed by atoms with Crippen LogP contribution in [0.4, 0.5) is 0 Å². The lowest BCUT2D eigenvalue weighted by atomic mass is 9.95. The maximum atomic E-state index is 10.6. The molecular weight excluding hydrogens is 250 g/mol. The number of aliphatic hydroxyl groups excluding tert-OH is 1. The van der Waals surface area contributed by atoms with Crippen LogP contribution in [0.2, 0.25) is 0 Å². The molecule has 1 aromatic rings. The number of β-amino-alcohol motifs (C(OH)–C–C–N with tert-alkyl or cyclic N) is 1. The summed E-state index contributed by atoms with van der Waals surface area (Å²) in [4.78, 5) is 2.32. The number of hydrogen-bond donors (Lipinski definition) is 1. The summed E-state index contributed by atoms with van der Waals surface area (Å²) in [5.41, 5.74) is 4.73. The quantitative estimate of drug-likeness (QED) is 0.918. The summed E-state index contributed by atoms with van der Waals surface area (Å²) in [6.45, 7) is 11.7. The summed E-state index contributed by atoms with van der Waals surface area (Å²) in [5.74, 6) is 0. The molecule has 0 radical (unpaired) electrons. The van der Waals surface area contributed by atoms with E-state index in [1.807, 2.05) is 0 Å². The van der Waals surface area contributed by atoms with Gasteiger partial charge in [0, 0.05) is 19.6 Å². The van der Waals surface area contributed by atoms with Gasteiger partial charge < -0.3 is 9.84 Å². The zero-order valence-corrected chi connectivity index (χ0v) is 13.1. The van der Waals surface area contributed by atoms with Gasteiger partial charge in [0.05, 0.1) is 18.8 Å². The Labute approximate surface area is 122 Å². The number of aliphatic hydroxyl groups is 1. The van der Waals surface area contributed by atoms with Crippen LogP contribution >= 0.6 is 0 Å². The molecule has 2 rings (SSSR count). The van der Waals surface area contributed by atoms with E-state index < -0.39 is 6.10 Å². The first kappa shape index (κ1) is 15.5. The van der Waals surface area contributed by atoms with Crippen molar-refractivity contribution in [1.29, 1.82) is 0 Å². The second-order valence-electron chi connectivity index (χ2n) is 5.99. The van der Waals surface area contributed by atoms with E-state index in [0.29, 0.717) is 12.6 Å². The highest BCUT2D eigenvalue weighted by atomic mass is 16.5. The fraction of sp³-hybridized carbons (Fsp3) is 0.647. The monoisotopic (exact) mass is 277 g/mol. The predicted molar refractivity (Wildman–Crippen MR) is 82.1 cm³/mol. The van der Waals surface area contributed by atoms with E-state index >= 15 is 0 Å². The third-order valence-corrected chi connectivity index (χ3v) is 4.18. The highest BCUT2D eigenvalue weighted by Crippen LogP contribution is 2.25. The molecule has 1 aliphatic heterocycles. The number of benzene rings is 1. The normalized spacial score (nSPS) is 21.9. The zero-order valence-electron chi connectivity index (χ0n) is 13.1.